The van der Waals surface area contributed by atoms with Crippen molar-refractivity contribution in [3.05, 3.63) is 29.3 Å². The molecule has 2 N–H and O–H groups in total. The second-order valence-corrected chi connectivity index (χ2v) is 3.56. The van der Waals surface area contributed by atoms with Gasteiger partial charge in [0.05, 0.1) is 6.42 Å². The predicted molar refractivity (Wildman–Crippen MR) is 59.8 cm³/mol. The highest BCUT2D eigenvalue weighted by molar-refractivity contribution is 6.08. The van der Waals surface area contributed by atoms with Gasteiger partial charge in [0.15, 0.2) is 5.78 Å². The van der Waals surface area contributed by atoms with E-state index in [0.29, 0.717) is 17.7 Å². The fraction of sp³-hybridized carbons (Fsp3) is 0.333. The lowest BCUT2D eigenvalue weighted by atomic mass is 10.0. The third-order valence-electron chi connectivity index (χ3n) is 2.35. The summed E-state index contributed by atoms with van der Waals surface area (Å²) in [7, 11) is 0. The van der Waals surface area contributed by atoms with Crippen LogP contribution >= 0.6 is 0 Å². The van der Waals surface area contributed by atoms with Crippen LogP contribution < -0.4 is 5.73 Å². The number of Topliss-reactive ketones (excluding diaryl/α,β-unsaturated/α-hetero) is 2. The molecule has 0 bridgehead atoms. The molecule has 15 heavy (non-hydrogen) atoms. The van der Waals surface area contributed by atoms with Crippen LogP contribution in [0.5, 0.6) is 0 Å². The first-order valence-corrected chi connectivity index (χ1v) is 4.95. The third-order valence-corrected chi connectivity index (χ3v) is 2.35. The Labute approximate surface area is 89.3 Å². The number of nitrogens with two attached hydrogens (primary N) is 1. The zero-order valence-electron chi connectivity index (χ0n) is 9.04. The molecule has 0 atom stereocenters. The summed E-state index contributed by atoms with van der Waals surface area (Å²) in [6, 6.07) is 5.12. The average molecular weight is 205 g/mol. The topological polar surface area (TPSA) is 60.2 Å². The standard InChI is InChI=1S/C12H15NO2/c1-3-10(14)7-12(15)9-5-4-8(2)11(13)6-9/h4-6H,3,7,13H2,1-2H3. The monoisotopic (exact) mass is 205 g/mol. The van der Waals surface area contributed by atoms with Gasteiger partial charge in [0.1, 0.15) is 5.78 Å². The van der Waals surface area contributed by atoms with E-state index in [1.54, 1.807) is 25.1 Å². The van der Waals surface area contributed by atoms with Crippen LogP contribution in [0.2, 0.25) is 0 Å². The molecule has 0 aromatic heterocycles. The van der Waals surface area contributed by atoms with Gasteiger partial charge in [-0.05, 0) is 18.6 Å². The largest absolute Gasteiger partial charge is 0.398 e. The van der Waals surface area contributed by atoms with Crippen LogP contribution in [0.1, 0.15) is 35.7 Å². The van der Waals surface area contributed by atoms with E-state index in [2.05, 4.69) is 0 Å². The molecule has 3 nitrogen and oxygen atoms in total. The molecule has 0 aliphatic rings. The van der Waals surface area contributed by atoms with Gasteiger partial charge in [-0.15, -0.1) is 0 Å². The second kappa shape index (κ2) is 4.73. The Balaban J connectivity index is 2.83. The summed E-state index contributed by atoms with van der Waals surface area (Å²) in [5.41, 5.74) is 7.72. The van der Waals surface area contributed by atoms with Crippen LogP contribution in [0.4, 0.5) is 5.69 Å². The van der Waals surface area contributed by atoms with Gasteiger partial charge in [0.25, 0.3) is 0 Å². The fourth-order valence-electron chi connectivity index (χ4n) is 1.22. The van der Waals surface area contributed by atoms with E-state index < -0.39 is 0 Å². The molecule has 1 aromatic carbocycles. The number of anilines is 1. The van der Waals surface area contributed by atoms with Crippen LogP contribution in [0.15, 0.2) is 18.2 Å². The molecular weight excluding hydrogens is 190 g/mol. The minimum absolute atomic E-state index is 0.0288. The van der Waals surface area contributed by atoms with Gasteiger partial charge < -0.3 is 5.73 Å². The van der Waals surface area contributed by atoms with E-state index in [9.17, 15) is 9.59 Å². The molecule has 0 aliphatic heterocycles. The number of hydrogen-bond donors (Lipinski definition) is 1. The summed E-state index contributed by atoms with van der Waals surface area (Å²) in [6.45, 7) is 3.62. The van der Waals surface area contributed by atoms with E-state index in [1.807, 2.05) is 6.92 Å². The van der Waals surface area contributed by atoms with E-state index in [0.717, 1.165) is 5.56 Å². The highest BCUT2D eigenvalue weighted by Crippen LogP contribution is 2.14. The minimum Gasteiger partial charge on any atom is -0.398 e. The maximum absolute atomic E-state index is 11.6. The van der Waals surface area contributed by atoms with Crippen molar-refractivity contribution in [3.8, 4) is 0 Å². The Morgan fingerprint density at radius 3 is 2.53 bits per heavy atom. The molecule has 0 radical (unpaired) electrons. The van der Waals surface area contributed by atoms with Crippen molar-refractivity contribution in [3.63, 3.8) is 0 Å². The van der Waals surface area contributed by atoms with E-state index in [4.69, 9.17) is 5.73 Å². The Bertz CT molecular complexity index is 397. The third kappa shape index (κ3) is 2.91. The maximum Gasteiger partial charge on any atom is 0.170 e. The molecule has 0 spiro atoms. The van der Waals surface area contributed by atoms with Gasteiger partial charge in [0, 0.05) is 17.7 Å². The molecule has 0 aliphatic carbocycles. The molecule has 3 heteroatoms. The fourth-order valence-corrected chi connectivity index (χ4v) is 1.22. The second-order valence-electron chi connectivity index (χ2n) is 3.56. The van der Waals surface area contributed by atoms with Gasteiger partial charge in [-0.3, -0.25) is 9.59 Å². The highest BCUT2D eigenvalue weighted by Gasteiger charge is 2.10. The Kier molecular flexibility index (Phi) is 3.61. The molecule has 0 saturated carbocycles. The molecule has 1 aromatic rings. The molecule has 80 valence electrons. The predicted octanol–water partition coefficient (Wildman–Crippen LogP) is 2.13. The van der Waals surface area contributed by atoms with Crippen molar-refractivity contribution >= 4 is 17.3 Å². The summed E-state index contributed by atoms with van der Waals surface area (Å²) in [4.78, 5) is 22.7. The number of nitrogen functional groups attached to an aromatic ring is 1. The molecule has 0 fully saturated rings. The first-order chi connectivity index (χ1) is 7.04. The number of carbonyl (C=O) groups excluding carboxylic acids is 2. The Hall–Kier alpha value is -1.64. The quantitative estimate of drug-likeness (QED) is 0.465. The van der Waals surface area contributed by atoms with Crippen LogP contribution in [0, 0.1) is 6.92 Å². The van der Waals surface area contributed by atoms with Crippen LogP contribution in [0.3, 0.4) is 0 Å². The molecule has 0 unspecified atom stereocenters. The van der Waals surface area contributed by atoms with Gasteiger partial charge >= 0.3 is 0 Å². The van der Waals surface area contributed by atoms with Crippen molar-refractivity contribution in [2.75, 3.05) is 5.73 Å². The van der Waals surface area contributed by atoms with Gasteiger partial charge in [-0.2, -0.15) is 0 Å². The summed E-state index contributed by atoms with van der Waals surface area (Å²) in [5.74, 6) is -0.201. The summed E-state index contributed by atoms with van der Waals surface area (Å²) in [6.07, 6.45) is 0.367. The SMILES string of the molecule is CCC(=O)CC(=O)c1ccc(C)c(N)c1. The van der Waals surface area contributed by atoms with Crippen molar-refractivity contribution in [2.45, 2.75) is 26.7 Å². The number of hydrogen-bond acceptors (Lipinski definition) is 3. The lowest BCUT2D eigenvalue weighted by Crippen LogP contribution is -2.07. The normalized spacial score (nSPS) is 10.0. The van der Waals surface area contributed by atoms with Gasteiger partial charge in [-0.1, -0.05) is 19.1 Å². The molecule has 0 saturated heterocycles. The van der Waals surface area contributed by atoms with Crippen molar-refractivity contribution in [2.24, 2.45) is 0 Å². The zero-order valence-corrected chi connectivity index (χ0v) is 9.04. The lowest BCUT2D eigenvalue weighted by Gasteiger charge is -2.03. The number of carbonyl (C=O) groups is 2. The summed E-state index contributed by atoms with van der Waals surface area (Å²) in [5, 5.41) is 0. The van der Waals surface area contributed by atoms with E-state index in [1.165, 1.54) is 0 Å². The number of rotatable bonds is 4. The highest BCUT2D eigenvalue weighted by atomic mass is 16.1. The Morgan fingerprint density at radius 2 is 2.00 bits per heavy atom. The minimum atomic E-state index is -0.159. The molecule has 0 heterocycles. The number of ketones is 2. The molecule has 0 amide bonds. The first-order valence-electron chi connectivity index (χ1n) is 4.95. The summed E-state index contributed by atoms with van der Waals surface area (Å²) < 4.78 is 0. The van der Waals surface area contributed by atoms with Crippen molar-refractivity contribution in [1.29, 1.82) is 0 Å². The zero-order chi connectivity index (χ0) is 11.4. The van der Waals surface area contributed by atoms with Crippen molar-refractivity contribution < 1.29 is 9.59 Å². The molecular formula is C12H15NO2. The summed E-state index contributed by atoms with van der Waals surface area (Å²) >= 11 is 0. The van der Waals surface area contributed by atoms with E-state index in [-0.39, 0.29) is 18.0 Å². The first kappa shape index (κ1) is 11.4. The maximum atomic E-state index is 11.6. The van der Waals surface area contributed by atoms with Crippen LogP contribution in [0.25, 0.3) is 0 Å². The van der Waals surface area contributed by atoms with Crippen molar-refractivity contribution in [1.82, 2.24) is 0 Å². The molecule has 1 rings (SSSR count). The lowest BCUT2D eigenvalue weighted by molar-refractivity contribution is -0.117. The van der Waals surface area contributed by atoms with Crippen LogP contribution in [-0.4, -0.2) is 11.6 Å². The number of aryl methyl sites for hydroxylation is 1. The van der Waals surface area contributed by atoms with Crippen LogP contribution in [-0.2, 0) is 4.79 Å². The average Bonchev–Trinajstić information content (AvgIpc) is 2.21. The Morgan fingerprint density at radius 1 is 1.33 bits per heavy atom. The number of benzene rings is 1. The van der Waals surface area contributed by atoms with E-state index >= 15 is 0 Å². The van der Waals surface area contributed by atoms with Gasteiger partial charge in [0.2, 0.25) is 0 Å². The smallest absolute Gasteiger partial charge is 0.170 e. The van der Waals surface area contributed by atoms with Gasteiger partial charge in [-0.25, -0.2) is 0 Å².